The van der Waals surface area contributed by atoms with Gasteiger partial charge in [0, 0.05) is 26.5 Å². The first-order valence-corrected chi connectivity index (χ1v) is 12.9. The topological polar surface area (TPSA) is 50.8 Å². The number of nitriles is 1. The fraction of sp³-hybridized carbons (Fsp3) is 0.852. The molecule has 4 fully saturated rings. The monoisotopic (exact) mass is 423 g/mol. The zero-order valence-corrected chi connectivity index (χ0v) is 19.8. The molecule has 0 saturated heterocycles. The molecule has 170 valence electrons. The Morgan fingerprint density at radius 2 is 2.00 bits per heavy atom. The summed E-state index contributed by atoms with van der Waals surface area (Å²) in [5.41, 5.74) is 1.19. The summed E-state index contributed by atoms with van der Waals surface area (Å²) in [7, 11) is 1.87. The molecular weight excluding hydrogens is 382 g/mol. The van der Waals surface area contributed by atoms with E-state index in [1.807, 2.05) is 18.0 Å². The predicted octanol–water partition coefficient (Wildman–Crippen LogP) is 5.92. The normalized spacial score (nSPS) is 42.8. The molecular formula is C27H41N3O. The van der Waals surface area contributed by atoms with Gasteiger partial charge in [-0.05, 0) is 111 Å². The van der Waals surface area contributed by atoms with Crippen LogP contribution in [0.1, 0.15) is 77.2 Å². The summed E-state index contributed by atoms with van der Waals surface area (Å²) in [6, 6.07) is 2.22. The van der Waals surface area contributed by atoms with Crippen molar-refractivity contribution in [1.82, 2.24) is 9.78 Å². The fourth-order valence-corrected chi connectivity index (χ4v) is 9.26. The lowest BCUT2D eigenvalue weighted by Crippen LogP contribution is -2.49. The van der Waals surface area contributed by atoms with E-state index in [1.54, 1.807) is 6.20 Å². The number of hydrogen-bond donors (Lipinski definition) is 0. The van der Waals surface area contributed by atoms with Crippen LogP contribution in [0.25, 0.3) is 0 Å². The summed E-state index contributed by atoms with van der Waals surface area (Å²) in [4.78, 5) is 0. The summed E-state index contributed by atoms with van der Waals surface area (Å²) in [5.74, 6) is 7.12. The lowest BCUT2D eigenvalue weighted by Gasteiger charge is -2.57. The average molecular weight is 424 g/mol. The van der Waals surface area contributed by atoms with Gasteiger partial charge in [-0.3, -0.25) is 4.68 Å². The van der Waals surface area contributed by atoms with Crippen LogP contribution in [0.3, 0.4) is 0 Å². The summed E-state index contributed by atoms with van der Waals surface area (Å²) in [5, 5.41) is 13.6. The maximum Gasteiger partial charge on any atom is 0.102 e. The number of ether oxygens (including phenoxy) is 1. The summed E-state index contributed by atoms with van der Waals surface area (Å²) < 4.78 is 7.51. The van der Waals surface area contributed by atoms with E-state index in [2.05, 4.69) is 25.0 Å². The SMILES string of the molecule is COCC1CCC2C(CCC3C2CCC2(C)C(C(C)Cn4cc(C#N)cn4)CCC32)C1. The quantitative estimate of drug-likeness (QED) is 0.590. The fourth-order valence-electron chi connectivity index (χ4n) is 9.26. The Bertz CT molecular complexity index is 812. The third-order valence-corrected chi connectivity index (χ3v) is 10.5. The summed E-state index contributed by atoms with van der Waals surface area (Å²) in [6.45, 7) is 7.01. The lowest BCUT2D eigenvalue weighted by atomic mass is 9.49. The molecule has 0 bridgehead atoms. The van der Waals surface area contributed by atoms with Crippen LogP contribution in [0.2, 0.25) is 0 Å². The Morgan fingerprint density at radius 1 is 1.16 bits per heavy atom. The Morgan fingerprint density at radius 3 is 2.77 bits per heavy atom. The molecule has 1 aromatic heterocycles. The maximum atomic E-state index is 9.12. The first-order chi connectivity index (χ1) is 15.0. The van der Waals surface area contributed by atoms with Crippen molar-refractivity contribution < 1.29 is 4.74 Å². The number of aromatic nitrogens is 2. The average Bonchev–Trinajstić information content (AvgIpc) is 3.37. The summed E-state index contributed by atoms with van der Waals surface area (Å²) in [6.07, 6.45) is 16.6. The van der Waals surface area contributed by atoms with Crippen molar-refractivity contribution in [3.8, 4) is 6.07 Å². The number of fused-ring (bicyclic) bond motifs is 5. The Labute approximate surface area is 188 Å². The van der Waals surface area contributed by atoms with Gasteiger partial charge in [-0.2, -0.15) is 10.4 Å². The van der Waals surface area contributed by atoms with Crippen LogP contribution >= 0.6 is 0 Å². The Hall–Kier alpha value is -1.34. The molecule has 0 N–H and O–H groups in total. The van der Waals surface area contributed by atoms with Crippen LogP contribution in [0.15, 0.2) is 12.4 Å². The van der Waals surface area contributed by atoms with E-state index in [9.17, 15) is 0 Å². The molecule has 0 spiro atoms. The largest absolute Gasteiger partial charge is 0.384 e. The number of methoxy groups -OCH3 is 1. The van der Waals surface area contributed by atoms with Gasteiger partial charge in [-0.25, -0.2) is 0 Å². The molecule has 9 unspecified atom stereocenters. The molecule has 1 heterocycles. The van der Waals surface area contributed by atoms with Gasteiger partial charge in [0.1, 0.15) is 6.07 Å². The summed E-state index contributed by atoms with van der Waals surface area (Å²) >= 11 is 0. The minimum absolute atomic E-state index is 0.506. The van der Waals surface area contributed by atoms with Crippen molar-refractivity contribution >= 4 is 0 Å². The number of nitrogens with zero attached hydrogens (tertiary/aromatic N) is 3. The van der Waals surface area contributed by atoms with Crippen LogP contribution < -0.4 is 0 Å². The number of hydrogen-bond acceptors (Lipinski definition) is 3. The van der Waals surface area contributed by atoms with Crippen LogP contribution in [0, 0.1) is 64.1 Å². The molecule has 0 aliphatic heterocycles. The van der Waals surface area contributed by atoms with Gasteiger partial charge in [0.05, 0.1) is 11.8 Å². The van der Waals surface area contributed by atoms with E-state index >= 15 is 0 Å². The van der Waals surface area contributed by atoms with Crippen molar-refractivity contribution in [3.63, 3.8) is 0 Å². The standard InChI is InChI=1S/C27H41N3O/c1-18(15-30-16-20(13-28)14-29-30)25-8-9-26-24-7-5-21-12-19(17-31-3)4-6-22(21)23(24)10-11-27(25,26)2/h14,16,18-19,21-26H,4-12,15,17H2,1-3H3. The molecule has 4 nitrogen and oxygen atoms in total. The molecule has 4 aliphatic rings. The second-order valence-electron chi connectivity index (χ2n) is 11.8. The lowest BCUT2D eigenvalue weighted by molar-refractivity contribution is -0.0777. The van der Waals surface area contributed by atoms with Gasteiger partial charge in [-0.15, -0.1) is 0 Å². The van der Waals surface area contributed by atoms with Gasteiger partial charge in [-0.1, -0.05) is 13.8 Å². The molecule has 0 aromatic carbocycles. The van der Waals surface area contributed by atoms with Crippen molar-refractivity contribution in [3.05, 3.63) is 18.0 Å². The zero-order chi connectivity index (χ0) is 21.6. The maximum absolute atomic E-state index is 9.12. The van der Waals surface area contributed by atoms with Gasteiger partial charge >= 0.3 is 0 Å². The molecule has 4 aliphatic carbocycles. The van der Waals surface area contributed by atoms with Gasteiger partial charge < -0.3 is 4.74 Å². The highest BCUT2D eigenvalue weighted by Crippen LogP contribution is 2.65. The van der Waals surface area contributed by atoms with E-state index in [1.165, 1.54) is 57.8 Å². The minimum Gasteiger partial charge on any atom is -0.384 e. The molecule has 4 saturated carbocycles. The third-order valence-electron chi connectivity index (χ3n) is 10.5. The van der Waals surface area contributed by atoms with Crippen LogP contribution in [0.4, 0.5) is 0 Å². The zero-order valence-electron chi connectivity index (χ0n) is 19.8. The minimum atomic E-state index is 0.506. The molecule has 1 aromatic rings. The van der Waals surface area contributed by atoms with Gasteiger partial charge in [0.2, 0.25) is 0 Å². The van der Waals surface area contributed by atoms with Crippen LogP contribution in [0.5, 0.6) is 0 Å². The first kappa shape index (κ1) is 21.5. The van der Waals surface area contributed by atoms with E-state index < -0.39 is 0 Å². The Kier molecular flexibility index (Phi) is 5.93. The third kappa shape index (κ3) is 3.75. The van der Waals surface area contributed by atoms with Crippen molar-refractivity contribution in [2.45, 2.75) is 78.2 Å². The Balaban J connectivity index is 1.27. The van der Waals surface area contributed by atoms with E-state index in [-0.39, 0.29) is 0 Å². The van der Waals surface area contributed by atoms with Crippen molar-refractivity contribution in [2.24, 2.45) is 52.8 Å². The second-order valence-corrected chi connectivity index (χ2v) is 11.8. The van der Waals surface area contributed by atoms with Crippen molar-refractivity contribution in [1.29, 1.82) is 5.26 Å². The smallest absolute Gasteiger partial charge is 0.102 e. The molecule has 31 heavy (non-hydrogen) atoms. The van der Waals surface area contributed by atoms with E-state index in [4.69, 9.17) is 10.00 Å². The molecule has 4 heteroatoms. The molecule has 5 rings (SSSR count). The van der Waals surface area contributed by atoms with Gasteiger partial charge in [0.15, 0.2) is 0 Å². The second kappa shape index (κ2) is 8.54. The molecule has 9 atom stereocenters. The van der Waals surface area contributed by atoms with E-state index in [0.29, 0.717) is 16.9 Å². The highest BCUT2D eigenvalue weighted by molar-refractivity contribution is 5.21. The first-order valence-electron chi connectivity index (χ1n) is 12.9. The molecule has 0 radical (unpaired) electrons. The van der Waals surface area contributed by atoms with Crippen molar-refractivity contribution in [2.75, 3.05) is 13.7 Å². The molecule has 0 amide bonds. The number of rotatable bonds is 5. The van der Waals surface area contributed by atoms with Crippen LogP contribution in [-0.2, 0) is 11.3 Å². The van der Waals surface area contributed by atoms with E-state index in [0.717, 1.165) is 54.6 Å². The highest BCUT2D eigenvalue weighted by atomic mass is 16.5. The highest BCUT2D eigenvalue weighted by Gasteiger charge is 2.57. The predicted molar refractivity (Wildman–Crippen MR) is 122 cm³/mol. The van der Waals surface area contributed by atoms with Crippen LogP contribution in [-0.4, -0.2) is 23.5 Å². The van der Waals surface area contributed by atoms with Gasteiger partial charge in [0.25, 0.3) is 0 Å².